The fourth-order valence-electron chi connectivity index (χ4n) is 3.08. The van der Waals surface area contributed by atoms with E-state index in [0.717, 1.165) is 36.7 Å². The first-order valence-corrected chi connectivity index (χ1v) is 9.64. The average molecular weight is 346 g/mol. The second-order valence-electron chi connectivity index (χ2n) is 7.15. The maximum atomic E-state index is 11.8. The second kappa shape index (κ2) is 9.66. The minimum absolute atomic E-state index is 0.155. The van der Waals surface area contributed by atoms with Crippen LogP contribution >= 0.6 is 0 Å². The quantitative estimate of drug-likeness (QED) is 0.671. The van der Waals surface area contributed by atoms with Crippen LogP contribution in [0.25, 0.3) is 0 Å². The van der Waals surface area contributed by atoms with E-state index in [9.17, 15) is 4.79 Å². The summed E-state index contributed by atoms with van der Waals surface area (Å²) in [5.41, 5.74) is 1.07. The highest BCUT2D eigenvalue weighted by Gasteiger charge is 2.20. The van der Waals surface area contributed by atoms with Crippen molar-refractivity contribution in [1.82, 2.24) is 10.6 Å². The predicted molar refractivity (Wildman–Crippen MR) is 97.7 cm³/mol. The molecule has 2 aliphatic rings. The van der Waals surface area contributed by atoms with Crippen LogP contribution in [0.3, 0.4) is 0 Å². The molecule has 0 bridgehead atoms. The number of hydrogen-bond acceptors (Lipinski definition) is 3. The summed E-state index contributed by atoms with van der Waals surface area (Å²) in [5, 5.41) is 5.68. The summed E-state index contributed by atoms with van der Waals surface area (Å²) in [6.07, 6.45) is 9.14. The van der Waals surface area contributed by atoms with Gasteiger partial charge in [-0.15, -0.1) is 0 Å². The molecule has 5 nitrogen and oxygen atoms in total. The van der Waals surface area contributed by atoms with E-state index in [0.29, 0.717) is 25.8 Å². The summed E-state index contributed by atoms with van der Waals surface area (Å²) in [5.74, 6) is 1.69. The third-order valence-corrected chi connectivity index (χ3v) is 4.81. The number of ether oxygens (including phenoxy) is 2. The number of rotatable bonds is 9. The van der Waals surface area contributed by atoms with Gasteiger partial charge in [0.15, 0.2) is 0 Å². The molecule has 0 aromatic heterocycles. The van der Waals surface area contributed by atoms with E-state index in [1.54, 1.807) is 0 Å². The lowest BCUT2D eigenvalue weighted by Gasteiger charge is -2.23. The van der Waals surface area contributed by atoms with Gasteiger partial charge >= 0.3 is 6.03 Å². The zero-order chi connectivity index (χ0) is 17.3. The van der Waals surface area contributed by atoms with Crippen molar-refractivity contribution in [2.45, 2.75) is 57.6 Å². The first-order chi connectivity index (χ1) is 12.3. The van der Waals surface area contributed by atoms with Gasteiger partial charge in [-0.25, -0.2) is 4.79 Å². The summed E-state index contributed by atoms with van der Waals surface area (Å²) < 4.78 is 11.5. The topological polar surface area (TPSA) is 59.6 Å². The Labute approximate surface area is 150 Å². The van der Waals surface area contributed by atoms with Crippen LogP contribution in [0.4, 0.5) is 4.79 Å². The fraction of sp³-hybridized carbons (Fsp3) is 0.650. The van der Waals surface area contributed by atoms with Crippen molar-refractivity contribution >= 4 is 6.03 Å². The lowest BCUT2D eigenvalue weighted by Crippen LogP contribution is -2.37. The molecule has 2 N–H and O–H groups in total. The molecule has 2 fully saturated rings. The minimum Gasteiger partial charge on any atom is -0.490 e. The molecule has 25 heavy (non-hydrogen) atoms. The van der Waals surface area contributed by atoms with Crippen LogP contribution in [0, 0.1) is 5.92 Å². The smallest absolute Gasteiger partial charge is 0.315 e. The van der Waals surface area contributed by atoms with Crippen LogP contribution in [0.2, 0.25) is 0 Å². The Bertz CT molecular complexity index is 522. The SMILES string of the molecule is O=C(NCCOCC1CC1)NCc1ccc(OC2CCCCC2)cc1. The van der Waals surface area contributed by atoms with Crippen LogP contribution < -0.4 is 15.4 Å². The number of urea groups is 1. The molecule has 0 unspecified atom stereocenters. The van der Waals surface area contributed by atoms with Crippen LogP contribution in [0.1, 0.15) is 50.5 Å². The number of benzene rings is 1. The van der Waals surface area contributed by atoms with Gasteiger partial charge < -0.3 is 20.1 Å². The van der Waals surface area contributed by atoms with Gasteiger partial charge in [0.05, 0.1) is 12.7 Å². The third-order valence-electron chi connectivity index (χ3n) is 4.81. The molecule has 5 heteroatoms. The Hall–Kier alpha value is -1.75. The Balaban J connectivity index is 1.28. The molecule has 0 radical (unpaired) electrons. The Kier molecular flexibility index (Phi) is 6.98. The molecule has 0 heterocycles. The van der Waals surface area contributed by atoms with Crippen LogP contribution in [-0.2, 0) is 11.3 Å². The van der Waals surface area contributed by atoms with Gasteiger partial charge in [0.2, 0.25) is 0 Å². The molecule has 0 saturated heterocycles. The second-order valence-corrected chi connectivity index (χ2v) is 7.15. The van der Waals surface area contributed by atoms with E-state index in [1.165, 1.54) is 32.1 Å². The first kappa shape index (κ1) is 18.1. The zero-order valence-corrected chi connectivity index (χ0v) is 15.0. The van der Waals surface area contributed by atoms with E-state index >= 15 is 0 Å². The van der Waals surface area contributed by atoms with E-state index < -0.39 is 0 Å². The monoisotopic (exact) mass is 346 g/mol. The number of carbonyl (C=O) groups is 1. The van der Waals surface area contributed by atoms with Crippen molar-refractivity contribution in [3.05, 3.63) is 29.8 Å². The van der Waals surface area contributed by atoms with Crippen molar-refractivity contribution in [3.63, 3.8) is 0 Å². The van der Waals surface area contributed by atoms with E-state index in [2.05, 4.69) is 10.6 Å². The third kappa shape index (κ3) is 6.94. The van der Waals surface area contributed by atoms with Crippen molar-refractivity contribution in [3.8, 4) is 5.75 Å². The van der Waals surface area contributed by atoms with Crippen LogP contribution in [0.5, 0.6) is 5.75 Å². The highest BCUT2D eigenvalue weighted by molar-refractivity contribution is 5.73. The van der Waals surface area contributed by atoms with Gasteiger partial charge in [-0.3, -0.25) is 0 Å². The molecule has 2 aliphatic carbocycles. The average Bonchev–Trinajstić information content (AvgIpc) is 3.46. The van der Waals surface area contributed by atoms with Gasteiger partial charge in [-0.2, -0.15) is 0 Å². The molecule has 1 aromatic carbocycles. The number of hydrogen-bond donors (Lipinski definition) is 2. The van der Waals surface area contributed by atoms with E-state index in [4.69, 9.17) is 9.47 Å². The normalized spacial score (nSPS) is 17.9. The van der Waals surface area contributed by atoms with Gasteiger partial charge in [-0.1, -0.05) is 18.6 Å². The minimum atomic E-state index is -0.155. The maximum absolute atomic E-state index is 11.8. The molecular formula is C20H30N2O3. The molecule has 1 aromatic rings. The van der Waals surface area contributed by atoms with E-state index in [1.807, 2.05) is 24.3 Å². The van der Waals surface area contributed by atoms with Crippen molar-refractivity contribution in [1.29, 1.82) is 0 Å². The number of nitrogens with one attached hydrogen (secondary N) is 2. The molecule has 0 aliphatic heterocycles. The number of carbonyl (C=O) groups excluding carboxylic acids is 1. The molecule has 2 saturated carbocycles. The van der Waals surface area contributed by atoms with Crippen molar-refractivity contribution < 1.29 is 14.3 Å². The Morgan fingerprint density at radius 3 is 2.48 bits per heavy atom. The van der Waals surface area contributed by atoms with Crippen LogP contribution in [0.15, 0.2) is 24.3 Å². The highest BCUT2D eigenvalue weighted by atomic mass is 16.5. The standard InChI is InChI=1S/C20H30N2O3/c23-20(21-12-13-24-15-17-6-7-17)22-14-16-8-10-19(11-9-16)25-18-4-2-1-3-5-18/h8-11,17-18H,1-7,12-15H2,(H2,21,22,23). The molecule has 3 rings (SSSR count). The van der Waals surface area contributed by atoms with Crippen molar-refractivity contribution in [2.24, 2.45) is 5.92 Å². The largest absolute Gasteiger partial charge is 0.490 e. The Morgan fingerprint density at radius 2 is 1.76 bits per heavy atom. The maximum Gasteiger partial charge on any atom is 0.315 e. The Morgan fingerprint density at radius 1 is 1.00 bits per heavy atom. The lowest BCUT2D eigenvalue weighted by molar-refractivity contribution is 0.127. The fourth-order valence-corrected chi connectivity index (χ4v) is 3.08. The van der Waals surface area contributed by atoms with Crippen LogP contribution in [-0.4, -0.2) is 31.9 Å². The van der Waals surface area contributed by atoms with Gasteiger partial charge in [-0.05, 0) is 62.1 Å². The summed E-state index contributed by atoms with van der Waals surface area (Å²) in [4.78, 5) is 11.8. The first-order valence-electron chi connectivity index (χ1n) is 9.64. The summed E-state index contributed by atoms with van der Waals surface area (Å²) in [6.45, 7) is 2.47. The molecule has 138 valence electrons. The highest BCUT2D eigenvalue weighted by Crippen LogP contribution is 2.28. The molecule has 0 atom stereocenters. The molecule has 2 amide bonds. The summed E-state index contributed by atoms with van der Waals surface area (Å²) >= 11 is 0. The lowest BCUT2D eigenvalue weighted by atomic mass is 9.98. The van der Waals surface area contributed by atoms with Crippen molar-refractivity contribution in [2.75, 3.05) is 19.8 Å². The van der Waals surface area contributed by atoms with Gasteiger partial charge in [0, 0.05) is 19.7 Å². The van der Waals surface area contributed by atoms with Gasteiger partial charge in [0.25, 0.3) is 0 Å². The van der Waals surface area contributed by atoms with E-state index in [-0.39, 0.29) is 6.03 Å². The van der Waals surface area contributed by atoms with Gasteiger partial charge in [0.1, 0.15) is 5.75 Å². The zero-order valence-electron chi connectivity index (χ0n) is 15.0. The summed E-state index contributed by atoms with van der Waals surface area (Å²) in [6, 6.07) is 7.86. The summed E-state index contributed by atoms with van der Waals surface area (Å²) in [7, 11) is 0. The molecule has 0 spiro atoms. The molecular weight excluding hydrogens is 316 g/mol. The predicted octanol–water partition coefficient (Wildman–Crippen LogP) is 3.62. The number of amides is 2.